The lowest BCUT2D eigenvalue weighted by Gasteiger charge is -2.27. The molecule has 29 heavy (non-hydrogen) atoms. The second-order valence-electron chi connectivity index (χ2n) is 7.66. The Morgan fingerprint density at radius 3 is 2.93 bits per heavy atom. The number of rotatable bonds is 3. The average molecular weight is 395 g/mol. The first kappa shape index (κ1) is 18.2. The van der Waals surface area contributed by atoms with Crippen molar-refractivity contribution in [2.45, 2.75) is 31.2 Å². The van der Waals surface area contributed by atoms with Gasteiger partial charge in [0, 0.05) is 36.4 Å². The first-order valence-corrected chi connectivity index (χ1v) is 9.73. The van der Waals surface area contributed by atoms with Crippen LogP contribution in [-0.2, 0) is 15.1 Å². The van der Waals surface area contributed by atoms with Gasteiger partial charge in [0.15, 0.2) is 5.60 Å². The van der Waals surface area contributed by atoms with E-state index in [1.807, 2.05) is 30.3 Å². The van der Waals surface area contributed by atoms with E-state index in [-0.39, 0.29) is 11.9 Å². The zero-order valence-electron chi connectivity index (χ0n) is 16.3. The van der Waals surface area contributed by atoms with Gasteiger partial charge in [-0.1, -0.05) is 18.2 Å². The molecule has 5 rings (SSSR count). The number of fused-ring (bicyclic) bond motifs is 2. The summed E-state index contributed by atoms with van der Waals surface area (Å²) in [4.78, 5) is 16.9. The number of alkyl halides is 1. The lowest BCUT2D eigenvalue weighted by molar-refractivity contribution is -0.135. The van der Waals surface area contributed by atoms with Crippen LogP contribution in [0.15, 0.2) is 36.5 Å². The monoisotopic (exact) mass is 395 g/mol. The van der Waals surface area contributed by atoms with Gasteiger partial charge >= 0.3 is 0 Å². The van der Waals surface area contributed by atoms with E-state index >= 15 is 0 Å². The van der Waals surface area contributed by atoms with Crippen LogP contribution in [0.5, 0.6) is 0 Å². The molecule has 4 heterocycles. The van der Waals surface area contributed by atoms with Gasteiger partial charge < -0.3 is 15.4 Å². The van der Waals surface area contributed by atoms with E-state index in [4.69, 9.17) is 9.84 Å². The molecular formula is C21H22FN5O2. The number of methoxy groups -OCH3 is 1. The maximum absolute atomic E-state index is 14.7. The minimum atomic E-state index is -1.17. The number of hydrogen-bond donors (Lipinski definition) is 2. The maximum Gasteiger partial charge on any atom is 0.262 e. The van der Waals surface area contributed by atoms with E-state index in [1.165, 1.54) is 7.11 Å². The molecule has 1 saturated heterocycles. The summed E-state index contributed by atoms with van der Waals surface area (Å²) in [5, 5.41) is 11.7. The van der Waals surface area contributed by atoms with Gasteiger partial charge in [-0.3, -0.25) is 9.48 Å². The fraction of sp³-hybridized carbons (Fsp3) is 0.381. The minimum absolute atomic E-state index is 0.263. The molecule has 2 N–H and O–H groups in total. The third-order valence-corrected chi connectivity index (χ3v) is 6.06. The number of nitrogens with zero attached hydrogens (tertiary/aromatic N) is 3. The van der Waals surface area contributed by atoms with Crippen LogP contribution >= 0.6 is 0 Å². The number of para-hydroxylation sites is 1. The average Bonchev–Trinajstić information content (AvgIpc) is 3.24. The molecule has 150 valence electrons. The molecule has 7 nitrogen and oxygen atoms in total. The van der Waals surface area contributed by atoms with Crippen molar-refractivity contribution in [1.82, 2.24) is 20.1 Å². The predicted octanol–water partition coefficient (Wildman–Crippen LogP) is 2.78. The number of nitrogens with one attached hydrogen (secondary N) is 2. The summed E-state index contributed by atoms with van der Waals surface area (Å²) in [5.41, 5.74) is 1.83. The molecule has 3 aromatic rings. The highest BCUT2D eigenvalue weighted by atomic mass is 19.1. The highest BCUT2D eigenvalue weighted by Gasteiger charge is 2.46. The van der Waals surface area contributed by atoms with Crippen molar-refractivity contribution in [3.63, 3.8) is 0 Å². The Balaban J connectivity index is 1.75. The number of anilines is 1. The number of hydrogen-bond acceptors (Lipinski definition) is 5. The number of ether oxygens (including phenoxy) is 1. The third-order valence-electron chi connectivity index (χ3n) is 6.06. The van der Waals surface area contributed by atoms with E-state index in [1.54, 1.807) is 17.8 Å². The van der Waals surface area contributed by atoms with Crippen LogP contribution in [0, 0.1) is 0 Å². The van der Waals surface area contributed by atoms with Crippen molar-refractivity contribution in [1.29, 1.82) is 0 Å². The molecule has 0 radical (unpaired) electrons. The van der Waals surface area contributed by atoms with Gasteiger partial charge in [-0.25, -0.2) is 9.37 Å². The van der Waals surface area contributed by atoms with Crippen molar-refractivity contribution >= 4 is 22.6 Å². The maximum atomic E-state index is 14.7. The quantitative estimate of drug-likeness (QED) is 0.713. The summed E-state index contributed by atoms with van der Waals surface area (Å²) in [6, 6.07) is 9.31. The first-order chi connectivity index (χ1) is 14.0. The number of aromatic nitrogens is 3. The topological polar surface area (TPSA) is 81.1 Å². The number of carbonyl (C=O) groups excluding carboxylic acids is 1. The Labute approximate surface area is 167 Å². The van der Waals surface area contributed by atoms with Crippen LogP contribution in [0.1, 0.15) is 24.9 Å². The lowest BCUT2D eigenvalue weighted by Crippen LogP contribution is -2.39. The number of pyridine rings is 1. The van der Waals surface area contributed by atoms with Crippen molar-refractivity contribution in [2.75, 3.05) is 25.5 Å². The van der Waals surface area contributed by atoms with Gasteiger partial charge in [-0.2, -0.15) is 5.10 Å². The Bertz CT molecular complexity index is 1110. The van der Waals surface area contributed by atoms with Crippen LogP contribution < -0.4 is 10.6 Å². The third kappa shape index (κ3) is 2.59. The standard InChI is InChI=1S/C21H22FN5O2/c1-21(29-2)17-13(7-10-24-19(17)25-20(21)28)18-12-5-3-4-6-15(12)27(26-18)16-8-9-23-11-14(16)22/h3-7,10,14,16,23H,8-9,11H2,1-2H3,(H,24,25,28)/t14-,16+,21-/m1/s1. The molecule has 0 unspecified atom stereocenters. The molecule has 2 aliphatic heterocycles. The van der Waals surface area contributed by atoms with E-state index in [0.717, 1.165) is 23.0 Å². The van der Waals surface area contributed by atoms with Crippen LogP contribution in [0.25, 0.3) is 22.2 Å². The van der Waals surface area contributed by atoms with Gasteiger partial charge in [0.1, 0.15) is 17.7 Å². The molecule has 1 fully saturated rings. The normalized spacial score (nSPS) is 26.5. The van der Waals surface area contributed by atoms with Crippen LogP contribution in [0.4, 0.5) is 10.2 Å². The van der Waals surface area contributed by atoms with E-state index < -0.39 is 11.8 Å². The Kier molecular flexibility index (Phi) is 4.15. The van der Waals surface area contributed by atoms with Crippen molar-refractivity contribution in [3.8, 4) is 11.3 Å². The van der Waals surface area contributed by atoms with Gasteiger partial charge in [-0.05, 0) is 32.0 Å². The summed E-state index contributed by atoms with van der Waals surface area (Å²) in [6.45, 7) is 2.79. The predicted molar refractivity (Wildman–Crippen MR) is 107 cm³/mol. The van der Waals surface area contributed by atoms with Gasteiger partial charge in [0.25, 0.3) is 5.91 Å². The molecule has 2 aromatic heterocycles. The number of halogens is 1. The molecule has 1 aromatic carbocycles. The van der Waals surface area contributed by atoms with E-state index in [0.29, 0.717) is 30.0 Å². The van der Waals surface area contributed by atoms with Crippen molar-refractivity contribution in [2.24, 2.45) is 0 Å². The largest absolute Gasteiger partial charge is 0.364 e. The molecule has 0 spiro atoms. The Hall–Kier alpha value is -2.84. The minimum Gasteiger partial charge on any atom is -0.364 e. The van der Waals surface area contributed by atoms with Gasteiger partial charge in [0.05, 0.1) is 11.6 Å². The van der Waals surface area contributed by atoms with Crippen molar-refractivity contribution in [3.05, 3.63) is 42.1 Å². The molecule has 1 amide bonds. The smallest absolute Gasteiger partial charge is 0.262 e. The molecule has 0 aliphatic carbocycles. The zero-order chi connectivity index (χ0) is 20.2. The van der Waals surface area contributed by atoms with Gasteiger partial charge in [0.2, 0.25) is 0 Å². The SMILES string of the molecule is CO[C@@]1(C)C(=O)Nc2nccc(-c3nn([C@H]4CCNC[C@H]4F)c4ccccc34)c21. The van der Waals surface area contributed by atoms with Crippen LogP contribution in [-0.4, -0.2) is 47.0 Å². The second-order valence-corrected chi connectivity index (χ2v) is 7.66. The first-order valence-electron chi connectivity index (χ1n) is 9.73. The van der Waals surface area contributed by atoms with E-state index in [9.17, 15) is 9.18 Å². The lowest BCUT2D eigenvalue weighted by atomic mass is 9.92. The fourth-order valence-corrected chi connectivity index (χ4v) is 4.40. The number of carbonyl (C=O) groups is 1. The van der Waals surface area contributed by atoms with Crippen LogP contribution in [0.2, 0.25) is 0 Å². The van der Waals surface area contributed by atoms with Crippen LogP contribution in [0.3, 0.4) is 0 Å². The molecule has 8 heteroatoms. The molecule has 0 bridgehead atoms. The summed E-state index contributed by atoms with van der Waals surface area (Å²) in [7, 11) is 1.50. The molecule has 0 saturated carbocycles. The Morgan fingerprint density at radius 1 is 1.31 bits per heavy atom. The fourth-order valence-electron chi connectivity index (χ4n) is 4.40. The molecule has 2 aliphatic rings. The van der Waals surface area contributed by atoms with Gasteiger partial charge in [-0.15, -0.1) is 0 Å². The summed E-state index contributed by atoms with van der Waals surface area (Å²) >= 11 is 0. The highest BCUT2D eigenvalue weighted by Crippen LogP contribution is 2.44. The zero-order valence-corrected chi connectivity index (χ0v) is 16.3. The molecular weight excluding hydrogens is 373 g/mol. The highest BCUT2D eigenvalue weighted by molar-refractivity contribution is 6.07. The van der Waals surface area contributed by atoms with Crippen molar-refractivity contribution < 1.29 is 13.9 Å². The number of benzene rings is 1. The summed E-state index contributed by atoms with van der Waals surface area (Å²) < 4.78 is 22.1. The summed E-state index contributed by atoms with van der Waals surface area (Å²) in [5.74, 6) is 0.210. The summed E-state index contributed by atoms with van der Waals surface area (Å²) in [6.07, 6.45) is 1.29. The number of amides is 1. The Morgan fingerprint density at radius 2 is 2.14 bits per heavy atom. The second kappa shape index (κ2) is 6.60. The van der Waals surface area contributed by atoms with E-state index in [2.05, 4.69) is 15.6 Å². The number of piperidine rings is 1. The molecule has 3 atom stereocenters.